The molecule has 0 atom stereocenters. The van der Waals surface area contributed by atoms with Crippen molar-refractivity contribution in [3.8, 4) is 0 Å². The largest absolute Gasteiger partial charge is 0.396 e. The molecule has 1 rings (SSSR count). The smallest absolute Gasteiger partial charge is 0.0558 e. The molecule has 0 saturated heterocycles. The highest BCUT2D eigenvalue weighted by Crippen LogP contribution is 2.24. The van der Waals surface area contributed by atoms with E-state index in [9.17, 15) is 0 Å². The zero-order valence-corrected chi connectivity index (χ0v) is 11.6. The van der Waals surface area contributed by atoms with E-state index >= 15 is 0 Å². The van der Waals surface area contributed by atoms with Gasteiger partial charge in [0.25, 0.3) is 0 Å². The van der Waals surface area contributed by atoms with E-state index in [2.05, 4.69) is 35.9 Å². The molecule has 1 aromatic rings. The van der Waals surface area contributed by atoms with Crippen molar-refractivity contribution in [1.29, 1.82) is 0 Å². The van der Waals surface area contributed by atoms with Crippen LogP contribution >= 0.6 is 0 Å². The van der Waals surface area contributed by atoms with Crippen molar-refractivity contribution in [3.63, 3.8) is 0 Å². The molecule has 5 nitrogen and oxygen atoms in total. The fraction of sp³-hybridized carbons (Fsp3) is 0.769. The number of aliphatic hydroxyl groups is 2. The molecule has 0 spiro atoms. The summed E-state index contributed by atoms with van der Waals surface area (Å²) < 4.78 is 0. The second-order valence-electron chi connectivity index (χ2n) is 5.60. The van der Waals surface area contributed by atoms with Crippen LogP contribution in [-0.4, -0.2) is 51.6 Å². The molecule has 1 heterocycles. The zero-order valence-electron chi connectivity index (χ0n) is 11.6. The lowest BCUT2D eigenvalue weighted by Gasteiger charge is -2.24. The standard InChI is InChI=1S/C13H25N3O2/c1-13(2,3)12-11(9-14-15-12)10-16(6-8-18)5-4-7-17/h9,17-18H,4-8,10H2,1-3H3,(H,14,15). The van der Waals surface area contributed by atoms with E-state index in [1.807, 2.05) is 6.20 Å². The number of H-pyrrole nitrogens is 1. The zero-order chi connectivity index (χ0) is 13.6. The molecule has 0 bridgehead atoms. The van der Waals surface area contributed by atoms with Gasteiger partial charge in [0, 0.05) is 42.9 Å². The first-order valence-corrected chi connectivity index (χ1v) is 6.46. The van der Waals surface area contributed by atoms with Crippen LogP contribution < -0.4 is 0 Å². The Balaban J connectivity index is 2.71. The maximum absolute atomic E-state index is 9.07. The van der Waals surface area contributed by atoms with E-state index in [4.69, 9.17) is 10.2 Å². The van der Waals surface area contributed by atoms with E-state index in [-0.39, 0.29) is 18.6 Å². The van der Waals surface area contributed by atoms with E-state index < -0.39 is 0 Å². The summed E-state index contributed by atoms with van der Waals surface area (Å²) in [6.45, 7) is 8.91. The SMILES string of the molecule is CC(C)(C)c1[nH]ncc1CN(CCO)CCCO. The van der Waals surface area contributed by atoms with E-state index in [1.54, 1.807) is 0 Å². The minimum Gasteiger partial charge on any atom is -0.396 e. The molecule has 0 unspecified atom stereocenters. The molecule has 0 saturated carbocycles. The van der Waals surface area contributed by atoms with Gasteiger partial charge in [-0.15, -0.1) is 0 Å². The highest BCUT2D eigenvalue weighted by Gasteiger charge is 2.21. The van der Waals surface area contributed by atoms with Crippen molar-refractivity contribution in [2.45, 2.75) is 39.2 Å². The molecule has 5 heteroatoms. The first kappa shape index (κ1) is 15.1. The predicted molar refractivity (Wildman–Crippen MR) is 71.4 cm³/mol. The van der Waals surface area contributed by atoms with Crippen molar-refractivity contribution in [2.75, 3.05) is 26.3 Å². The van der Waals surface area contributed by atoms with Gasteiger partial charge in [0.2, 0.25) is 0 Å². The molecule has 0 amide bonds. The van der Waals surface area contributed by atoms with Crippen molar-refractivity contribution >= 4 is 0 Å². The average Bonchev–Trinajstić information content (AvgIpc) is 2.74. The molecular formula is C13H25N3O2. The second-order valence-corrected chi connectivity index (χ2v) is 5.60. The van der Waals surface area contributed by atoms with Gasteiger partial charge in [-0.1, -0.05) is 20.8 Å². The van der Waals surface area contributed by atoms with Crippen LogP contribution in [0.15, 0.2) is 6.20 Å². The third kappa shape index (κ3) is 4.40. The van der Waals surface area contributed by atoms with Crippen molar-refractivity contribution in [1.82, 2.24) is 15.1 Å². The van der Waals surface area contributed by atoms with Crippen LogP contribution in [0.2, 0.25) is 0 Å². The molecule has 3 N–H and O–H groups in total. The van der Waals surface area contributed by atoms with Gasteiger partial charge in [-0.05, 0) is 6.42 Å². The summed E-state index contributed by atoms with van der Waals surface area (Å²) in [4.78, 5) is 2.14. The molecule has 104 valence electrons. The topological polar surface area (TPSA) is 72.4 Å². The predicted octanol–water partition coefficient (Wildman–Crippen LogP) is 0.884. The summed E-state index contributed by atoms with van der Waals surface area (Å²) in [5.41, 5.74) is 2.33. The van der Waals surface area contributed by atoms with Crippen LogP contribution in [0.1, 0.15) is 38.4 Å². The number of aromatic amines is 1. The summed E-state index contributed by atoms with van der Waals surface area (Å²) in [6.07, 6.45) is 2.58. The van der Waals surface area contributed by atoms with Crippen LogP contribution in [0, 0.1) is 0 Å². The van der Waals surface area contributed by atoms with Gasteiger partial charge in [-0.3, -0.25) is 10.00 Å². The highest BCUT2D eigenvalue weighted by atomic mass is 16.3. The van der Waals surface area contributed by atoms with Gasteiger partial charge < -0.3 is 10.2 Å². The monoisotopic (exact) mass is 255 g/mol. The quantitative estimate of drug-likeness (QED) is 0.676. The number of hydrogen-bond acceptors (Lipinski definition) is 4. The Bertz CT molecular complexity index is 344. The molecular weight excluding hydrogens is 230 g/mol. The maximum atomic E-state index is 9.07. The number of aromatic nitrogens is 2. The average molecular weight is 255 g/mol. The van der Waals surface area contributed by atoms with Crippen LogP contribution in [0.25, 0.3) is 0 Å². The Morgan fingerprint density at radius 2 is 1.94 bits per heavy atom. The molecule has 0 fully saturated rings. The van der Waals surface area contributed by atoms with E-state index in [1.165, 1.54) is 0 Å². The molecule has 1 aromatic heterocycles. The number of nitrogens with one attached hydrogen (secondary N) is 1. The Morgan fingerprint density at radius 1 is 1.22 bits per heavy atom. The maximum Gasteiger partial charge on any atom is 0.0558 e. The Hall–Kier alpha value is -0.910. The summed E-state index contributed by atoms with van der Waals surface area (Å²) in [7, 11) is 0. The van der Waals surface area contributed by atoms with Crippen LogP contribution in [0.4, 0.5) is 0 Å². The van der Waals surface area contributed by atoms with Gasteiger partial charge in [0.15, 0.2) is 0 Å². The Kier molecular flexibility index (Phi) is 5.78. The summed E-state index contributed by atoms with van der Waals surface area (Å²) in [5, 5.41) is 25.1. The van der Waals surface area contributed by atoms with Gasteiger partial charge in [0.05, 0.1) is 12.8 Å². The summed E-state index contributed by atoms with van der Waals surface area (Å²) in [6, 6.07) is 0. The minimum atomic E-state index is 0.0354. The molecule has 0 radical (unpaired) electrons. The fourth-order valence-corrected chi connectivity index (χ4v) is 2.03. The van der Waals surface area contributed by atoms with E-state index in [0.29, 0.717) is 6.54 Å². The number of aliphatic hydroxyl groups excluding tert-OH is 2. The van der Waals surface area contributed by atoms with Crippen molar-refractivity contribution in [2.24, 2.45) is 0 Å². The third-order valence-electron chi connectivity index (χ3n) is 2.91. The minimum absolute atomic E-state index is 0.0354. The van der Waals surface area contributed by atoms with Crippen LogP contribution in [0.5, 0.6) is 0 Å². The second kappa shape index (κ2) is 6.87. The third-order valence-corrected chi connectivity index (χ3v) is 2.91. The number of hydrogen-bond donors (Lipinski definition) is 3. The van der Waals surface area contributed by atoms with E-state index in [0.717, 1.165) is 30.8 Å². The lowest BCUT2D eigenvalue weighted by atomic mass is 9.89. The normalized spacial score (nSPS) is 12.3. The summed E-state index contributed by atoms with van der Waals surface area (Å²) >= 11 is 0. The molecule has 0 aliphatic heterocycles. The highest BCUT2D eigenvalue weighted by molar-refractivity contribution is 5.23. The van der Waals surface area contributed by atoms with Crippen molar-refractivity contribution in [3.05, 3.63) is 17.5 Å². The molecule has 0 aromatic carbocycles. The van der Waals surface area contributed by atoms with Gasteiger partial charge in [0.1, 0.15) is 0 Å². The van der Waals surface area contributed by atoms with Crippen LogP contribution in [0.3, 0.4) is 0 Å². The number of rotatable bonds is 7. The first-order chi connectivity index (χ1) is 8.49. The van der Waals surface area contributed by atoms with Gasteiger partial charge in [-0.2, -0.15) is 5.10 Å². The molecule has 0 aliphatic carbocycles. The Morgan fingerprint density at radius 3 is 2.50 bits per heavy atom. The number of nitrogens with zero attached hydrogens (tertiary/aromatic N) is 2. The van der Waals surface area contributed by atoms with Gasteiger partial charge in [-0.25, -0.2) is 0 Å². The fourth-order valence-electron chi connectivity index (χ4n) is 2.03. The van der Waals surface area contributed by atoms with Crippen molar-refractivity contribution < 1.29 is 10.2 Å². The van der Waals surface area contributed by atoms with Crippen LogP contribution in [-0.2, 0) is 12.0 Å². The van der Waals surface area contributed by atoms with Gasteiger partial charge >= 0.3 is 0 Å². The molecule has 18 heavy (non-hydrogen) atoms. The Labute approximate surface area is 109 Å². The lowest BCUT2D eigenvalue weighted by Crippen LogP contribution is -2.29. The lowest BCUT2D eigenvalue weighted by molar-refractivity contribution is 0.173. The molecule has 0 aliphatic rings. The summed E-state index contributed by atoms with van der Waals surface area (Å²) in [5.74, 6) is 0. The first-order valence-electron chi connectivity index (χ1n) is 6.46.